The van der Waals surface area contributed by atoms with Crippen molar-refractivity contribution in [2.75, 3.05) is 5.73 Å². The second-order valence-corrected chi connectivity index (χ2v) is 4.89. The molecule has 0 saturated heterocycles. The molecule has 0 radical (unpaired) electrons. The van der Waals surface area contributed by atoms with Crippen LogP contribution in [-0.4, -0.2) is 5.91 Å². The van der Waals surface area contributed by atoms with Crippen LogP contribution in [0.3, 0.4) is 0 Å². The van der Waals surface area contributed by atoms with Crippen molar-refractivity contribution < 1.29 is 9.21 Å². The van der Waals surface area contributed by atoms with Gasteiger partial charge in [0.1, 0.15) is 11.5 Å². The van der Waals surface area contributed by atoms with Gasteiger partial charge in [-0.2, -0.15) is 0 Å². The van der Waals surface area contributed by atoms with Gasteiger partial charge >= 0.3 is 0 Å². The van der Waals surface area contributed by atoms with E-state index < -0.39 is 0 Å². The Balaban J connectivity index is 2.12. The molecular weight excluding hydrogens is 287 g/mol. The number of hydrogen-bond acceptors (Lipinski definition) is 3. The van der Waals surface area contributed by atoms with Gasteiger partial charge in [-0.3, -0.25) is 4.79 Å². The van der Waals surface area contributed by atoms with Crippen LogP contribution in [0.25, 0.3) is 0 Å². The first-order valence-electron chi connectivity index (χ1n) is 5.55. The number of anilines is 1. The van der Waals surface area contributed by atoms with Gasteiger partial charge in [0, 0.05) is 10.7 Å². The van der Waals surface area contributed by atoms with E-state index in [9.17, 15) is 4.79 Å². The molecule has 0 aliphatic heterocycles. The lowest BCUT2D eigenvalue weighted by Gasteiger charge is -2.09. The Bertz CT molecular complexity index is 600. The standard InChI is InChI=1S/C13H12Cl2N2O2/c1-7-2-3-9(19-7)6-17-13(18)12-10(15)4-8(14)5-11(12)16/h2-5H,6,16H2,1H3,(H,17,18). The molecule has 2 rings (SSSR count). The van der Waals surface area contributed by atoms with Crippen LogP contribution >= 0.6 is 23.2 Å². The first-order valence-corrected chi connectivity index (χ1v) is 6.31. The predicted octanol–water partition coefficient (Wildman–Crippen LogP) is 3.41. The Morgan fingerprint density at radius 1 is 1.37 bits per heavy atom. The van der Waals surface area contributed by atoms with Gasteiger partial charge in [0.05, 0.1) is 17.1 Å². The van der Waals surface area contributed by atoms with Crippen molar-refractivity contribution in [3.8, 4) is 0 Å². The fourth-order valence-corrected chi connectivity index (χ4v) is 2.26. The Morgan fingerprint density at radius 2 is 2.11 bits per heavy atom. The molecule has 1 aromatic heterocycles. The lowest BCUT2D eigenvalue weighted by molar-refractivity contribution is 0.0949. The van der Waals surface area contributed by atoms with Gasteiger partial charge in [-0.15, -0.1) is 0 Å². The summed E-state index contributed by atoms with van der Waals surface area (Å²) in [7, 11) is 0. The fraction of sp³-hybridized carbons (Fsp3) is 0.154. The molecule has 0 spiro atoms. The molecule has 6 heteroatoms. The van der Waals surface area contributed by atoms with E-state index in [1.807, 2.05) is 13.0 Å². The van der Waals surface area contributed by atoms with Gasteiger partial charge < -0.3 is 15.5 Å². The minimum atomic E-state index is -0.367. The van der Waals surface area contributed by atoms with E-state index in [0.717, 1.165) is 5.76 Å². The van der Waals surface area contributed by atoms with E-state index in [-0.39, 0.29) is 28.7 Å². The minimum absolute atomic E-state index is 0.217. The van der Waals surface area contributed by atoms with E-state index in [4.69, 9.17) is 33.4 Å². The Hall–Kier alpha value is -1.65. The number of nitrogens with one attached hydrogen (secondary N) is 1. The average Bonchev–Trinajstić information content (AvgIpc) is 2.71. The maximum Gasteiger partial charge on any atom is 0.255 e. The number of nitrogen functional groups attached to an aromatic ring is 1. The van der Waals surface area contributed by atoms with Crippen LogP contribution in [0.4, 0.5) is 5.69 Å². The summed E-state index contributed by atoms with van der Waals surface area (Å²) < 4.78 is 5.35. The van der Waals surface area contributed by atoms with Gasteiger partial charge in [-0.1, -0.05) is 23.2 Å². The van der Waals surface area contributed by atoms with Gasteiger partial charge in [-0.05, 0) is 31.2 Å². The van der Waals surface area contributed by atoms with E-state index in [2.05, 4.69) is 5.32 Å². The van der Waals surface area contributed by atoms with Gasteiger partial charge in [0.25, 0.3) is 5.91 Å². The molecule has 0 aliphatic carbocycles. The zero-order valence-electron chi connectivity index (χ0n) is 10.2. The highest BCUT2D eigenvalue weighted by Gasteiger charge is 2.15. The molecule has 0 unspecified atom stereocenters. The number of amides is 1. The van der Waals surface area contributed by atoms with Crippen LogP contribution in [0, 0.1) is 6.92 Å². The molecule has 2 aromatic rings. The number of furan rings is 1. The van der Waals surface area contributed by atoms with Crippen LogP contribution in [0.1, 0.15) is 21.9 Å². The van der Waals surface area contributed by atoms with Gasteiger partial charge in [0.15, 0.2) is 0 Å². The Labute approximate surface area is 120 Å². The molecule has 3 N–H and O–H groups in total. The monoisotopic (exact) mass is 298 g/mol. The maximum atomic E-state index is 12.0. The fourth-order valence-electron chi connectivity index (χ4n) is 1.67. The van der Waals surface area contributed by atoms with Crippen molar-refractivity contribution in [3.05, 3.63) is 51.4 Å². The second kappa shape index (κ2) is 5.55. The third kappa shape index (κ3) is 3.22. The Kier molecular flexibility index (Phi) is 4.02. The molecule has 0 bridgehead atoms. The lowest BCUT2D eigenvalue weighted by atomic mass is 10.1. The number of hydrogen-bond donors (Lipinski definition) is 2. The first kappa shape index (κ1) is 13.8. The van der Waals surface area contributed by atoms with E-state index in [1.54, 1.807) is 6.07 Å². The molecule has 0 fully saturated rings. The first-order chi connectivity index (χ1) is 8.97. The molecule has 0 aliphatic rings. The number of benzene rings is 1. The van der Waals surface area contributed by atoms with Crippen LogP contribution in [0.2, 0.25) is 10.0 Å². The summed E-state index contributed by atoms with van der Waals surface area (Å²) in [6.45, 7) is 2.10. The third-order valence-corrected chi connectivity index (χ3v) is 3.05. The summed E-state index contributed by atoms with van der Waals surface area (Å²) in [5, 5.41) is 3.30. The van der Waals surface area contributed by atoms with Crippen LogP contribution in [0.15, 0.2) is 28.7 Å². The third-order valence-electron chi connectivity index (χ3n) is 2.53. The van der Waals surface area contributed by atoms with Crippen LogP contribution in [-0.2, 0) is 6.54 Å². The predicted molar refractivity (Wildman–Crippen MR) is 75.5 cm³/mol. The largest absolute Gasteiger partial charge is 0.465 e. The lowest BCUT2D eigenvalue weighted by Crippen LogP contribution is -2.24. The zero-order chi connectivity index (χ0) is 14.0. The molecule has 19 heavy (non-hydrogen) atoms. The SMILES string of the molecule is Cc1ccc(CNC(=O)c2c(N)cc(Cl)cc2Cl)o1. The van der Waals surface area contributed by atoms with Crippen LogP contribution < -0.4 is 11.1 Å². The van der Waals surface area contributed by atoms with Crippen molar-refractivity contribution in [3.63, 3.8) is 0 Å². The Morgan fingerprint density at radius 3 is 2.68 bits per heavy atom. The summed E-state index contributed by atoms with van der Waals surface area (Å²) in [6.07, 6.45) is 0. The maximum absolute atomic E-state index is 12.0. The smallest absolute Gasteiger partial charge is 0.255 e. The number of nitrogens with two attached hydrogens (primary N) is 1. The van der Waals surface area contributed by atoms with Crippen molar-refractivity contribution in [2.24, 2.45) is 0 Å². The second-order valence-electron chi connectivity index (χ2n) is 4.05. The summed E-state index contributed by atoms with van der Waals surface area (Å²) >= 11 is 11.8. The van der Waals surface area contributed by atoms with Crippen LogP contribution in [0.5, 0.6) is 0 Å². The van der Waals surface area contributed by atoms with Crippen molar-refractivity contribution in [1.29, 1.82) is 0 Å². The van der Waals surface area contributed by atoms with Gasteiger partial charge in [0.2, 0.25) is 0 Å². The summed E-state index contributed by atoms with van der Waals surface area (Å²) in [5.74, 6) is 1.08. The number of carbonyl (C=O) groups is 1. The van der Waals surface area contributed by atoms with Crippen molar-refractivity contribution in [1.82, 2.24) is 5.32 Å². The van der Waals surface area contributed by atoms with E-state index in [1.165, 1.54) is 12.1 Å². The highest BCUT2D eigenvalue weighted by molar-refractivity contribution is 6.37. The zero-order valence-corrected chi connectivity index (χ0v) is 11.7. The highest BCUT2D eigenvalue weighted by Crippen LogP contribution is 2.27. The number of rotatable bonds is 3. The van der Waals surface area contributed by atoms with Crippen molar-refractivity contribution in [2.45, 2.75) is 13.5 Å². The highest BCUT2D eigenvalue weighted by atomic mass is 35.5. The summed E-state index contributed by atoms with van der Waals surface area (Å²) in [5.41, 5.74) is 6.20. The molecule has 1 heterocycles. The molecule has 0 atom stereocenters. The molecular formula is C13H12Cl2N2O2. The summed E-state index contributed by atoms with van der Waals surface area (Å²) in [6, 6.07) is 6.58. The van der Waals surface area contributed by atoms with E-state index in [0.29, 0.717) is 10.8 Å². The topological polar surface area (TPSA) is 68.3 Å². The van der Waals surface area contributed by atoms with Gasteiger partial charge in [-0.25, -0.2) is 0 Å². The molecule has 1 aromatic carbocycles. The average molecular weight is 299 g/mol. The number of halogens is 2. The molecule has 0 saturated carbocycles. The normalized spacial score (nSPS) is 10.5. The molecule has 1 amide bonds. The molecule has 4 nitrogen and oxygen atoms in total. The number of carbonyl (C=O) groups excluding carboxylic acids is 1. The quantitative estimate of drug-likeness (QED) is 0.853. The summed E-state index contributed by atoms with van der Waals surface area (Å²) in [4.78, 5) is 12.0. The minimum Gasteiger partial charge on any atom is -0.465 e. The van der Waals surface area contributed by atoms with Crippen molar-refractivity contribution >= 4 is 34.8 Å². The molecule has 100 valence electrons. The number of aryl methyl sites for hydroxylation is 1. The van der Waals surface area contributed by atoms with E-state index >= 15 is 0 Å².